The fourth-order valence-corrected chi connectivity index (χ4v) is 6.12. The Morgan fingerprint density at radius 2 is 1.78 bits per heavy atom. The summed E-state index contributed by atoms with van der Waals surface area (Å²) < 4.78 is 5.48. The number of nitrogens with one attached hydrogen (secondary N) is 1. The first kappa shape index (κ1) is 18.3. The van der Waals surface area contributed by atoms with E-state index in [9.17, 15) is 4.79 Å². The Kier molecular flexibility index (Phi) is 5.12. The van der Waals surface area contributed by atoms with Gasteiger partial charge in [0.25, 0.3) is 0 Å². The molecule has 0 saturated heterocycles. The van der Waals surface area contributed by atoms with E-state index in [1.165, 1.54) is 38.5 Å². The van der Waals surface area contributed by atoms with Gasteiger partial charge in [0, 0.05) is 12.1 Å². The van der Waals surface area contributed by atoms with Crippen molar-refractivity contribution in [2.24, 2.45) is 23.2 Å². The number of rotatable bonds is 7. The highest BCUT2D eigenvalue weighted by Crippen LogP contribution is 2.61. The van der Waals surface area contributed by atoms with E-state index in [0.29, 0.717) is 12.0 Å². The molecule has 1 N–H and O–H groups in total. The zero-order valence-electron chi connectivity index (χ0n) is 16.3. The third kappa shape index (κ3) is 3.97. The molecule has 1 aromatic rings. The van der Waals surface area contributed by atoms with E-state index in [-0.39, 0.29) is 11.9 Å². The predicted octanol–water partition coefficient (Wildman–Crippen LogP) is 4.99. The highest BCUT2D eigenvalue weighted by Gasteiger charge is 2.53. The molecule has 0 heterocycles. The lowest BCUT2D eigenvalue weighted by atomic mass is 9.48. The van der Waals surface area contributed by atoms with Gasteiger partial charge >= 0.3 is 0 Å². The van der Waals surface area contributed by atoms with Gasteiger partial charge < -0.3 is 10.1 Å². The van der Waals surface area contributed by atoms with Crippen LogP contribution in [0.5, 0.6) is 5.75 Å². The molecule has 4 bridgehead atoms. The molecule has 3 nitrogen and oxygen atoms in total. The minimum absolute atomic E-state index is 0.0187. The molecule has 4 saturated carbocycles. The summed E-state index contributed by atoms with van der Waals surface area (Å²) in [6.07, 6.45) is 13.5. The van der Waals surface area contributed by atoms with Crippen molar-refractivity contribution in [3.8, 4) is 5.75 Å². The second-order valence-corrected chi connectivity index (χ2v) is 9.01. The smallest absolute Gasteiger partial charge is 0.244 e. The van der Waals surface area contributed by atoms with Gasteiger partial charge in [-0.1, -0.05) is 24.8 Å². The number of carbonyl (C=O) groups is 1. The van der Waals surface area contributed by atoms with Crippen LogP contribution < -0.4 is 10.1 Å². The van der Waals surface area contributed by atoms with Crippen LogP contribution in [0, 0.1) is 23.2 Å². The maximum Gasteiger partial charge on any atom is 0.244 e. The van der Waals surface area contributed by atoms with Crippen LogP contribution in [-0.4, -0.2) is 18.6 Å². The summed E-state index contributed by atoms with van der Waals surface area (Å²) >= 11 is 0. The third-order valence-corrected chi connectivity index (χ3v) is 7.04. The maximum absolute atomic E-state index is 12.5. The molecule has 3 heteroatoms. The molecular weight excluding hydrogens is 334 g/mol. The Morgan fingerprint density at radius 3 is 2.33 bits per heavy atom. The number of benzene rings is 1. The lowest BCUT2D eigenvalue weighted by molar-refractivity contribution is -0.121. The van der Waals surface area contributed by atoms with Crippen molar-refractivity contribution in [1.82, 2.24) is 5.32 Å². The van der Waals surface area contributed by atoms with Crippen molar-refractivity contribution < 1.29 is 9.53 Å². The van der Waals surface area contributed by atoms with Crippen LogP contribution >= 0.6 is 0 Å². The Balaban J connectivity index is 1.33. The Hall–Kier alpha value is -2.03. The second kappa shape index (κ2) is 7.53. The molecule has 4 aliphatic rings. The molecule has 0 spiro atoms. The van der Waals surface area contributed by atoms with E-state index in [4.69, 9.17) is 4.74 Å². The van der Waals surface area contributed by atoms with E-state index in [1.54, 1.807) is 12.2 Å². The topological polar surface area (TPSA) is 38.3 Å². The molecule has 5 rings (SSSR count). The number of hydrogen-bond acceptors (Lipinski definition) is 2. The van der Waals surface area contributed by atoms with Crippen molar-refractivity contribution >= 4 is 12.0 Å². The van der Waals surface area contributed by atoms with Crippen molar-refractivity contribution in [2.75, 3.05) is 6.61 Å². The zero-order chi connectivity index (χ0) is 18.9. The van der Waals surface area contributed by atoms with E-state index >= 15 is 0 Å². The Labute approximate surface area is 162 Å². The van der Waals surface area contributed by atoms with E-state index < -0.39 is 0 Å². The number of hydrogen-bond donors (Lipinski definition) is 1. The number of amides is 1. The second-order valence-electron chi connectivity index (χ2n) is 9.01. The first-order valence-corrected chi connectivity index (χ1v) is 10.4. The molecule has 144 valence electrons. The van der Waals surface area contributed by atoms with Gasteiger partial charge in [-0.15, -0.1) is 0 Å². The molecule has 0 radical (unpaired) electrons. The van der Waals surface area contributed by atoms with Gasteiger partial charge in [0.2, 0.25) is 5.91 Å². The molecule has 27 heavy (non-hydrogen) atoms. The molecule has 1 amide bonds. The lowest BCUT2D eigenvalue weighted by Crippen LogP contribution is -2.55. The highest BCUT2D eigenvalue weighted by molar-refractivity contribution is 5.91. The van der Waals surface area contributed by atoms with Crippen LogP contribution in [0.2, 0.25) is 0 Å². The van der Waals surface area contributed by atoms with Gasteiger partial charge in [0.15, 0.2) is 0 Å². The standard InChI is InChI=1S/C24H31NO2/c1-3-10-27-22-7-4-18(5-8-22)6-9-23(26)25-17(2)24-14-19-11-20(15-24)13-21(12-19)16-24/h3-9,17,19-21H,1,10-16H2,2H3,(H,25,26)/b9-6+/t17-,19?,20?,21?,24?/m1/s1. The first-order chi connectivity index (χ1) is 13.1. The quantitative estimate of drug-likeness (QED) is 0.546. The molecule has 1 atom stereocenters. The molecule has 0 aromatic heterocycles. The largest absolute Gasteiger partial charge is 0.490 e. The van der Waals surface area contributed by atoms with Gasteiger partial charge in [-0.25, -0.2) is 0 Å². The summed E-state index contributed by atoms with van der Waals surface area (Å²) in [5.74, 6) is 3.56. The van der Waals surface area contributed by atoms with Crippen molar-refractivity contribution in [2.45, 2.75) is 51.5 Å². The van der Waals surface area contributed by atoms with E-state index in [2.05, 4.69) is 18.8 Å². The van der Waals surface area contributed by atoms with Gasteiger partial charge in [0.05, 0.1) is 0 Å². The lowest BCUT2D eigenvalue weighted by Gasteiger charge is -2.59. The zero-order valence-corrected chi connectivity index (χ0v) is 16.3. The van der Waals surface area contributed by atoms with Crippen LogP contribution in [0.25, 0.3) is 6.08 Å². The summed E-state index contributed by atoms with van der Waals surface area (Å²) in [6.45, 7) is 6.37. The predicted molar refractivity (Wildman–Crippen MR) is 109 cm³/mol. The summed E-state index contributed by atoms with van der Waals surface area (Å²) in [5.41, 5.74) is 1.35. The highest BCUT2D eigenvalue weighted by atomic mass is 16.5. The SMILES string of the molecule is C=CCOc1ccc(/C=C/C(=O)N[C@H](C)C23CC4CC(CC(C4)C2)C3)cc1. The summed E-state index contributed by atoms with van der Waals surface area (Å²) in [4.78, 5) is 12.5. The molecule has 4 aliphatic carbocycles. The minimum atomic E-state index is 0.0187. The van der Waals surface area contributed by atoms with Crippen molar-refractivity contribution in [3.63, 3.8) is 0 Å². The van der Waals surface area contributed by atoms with E-state index in [1.807, 2.05) is 30.3 Å². The summed E-state index contributed by atoms with van der Waals surface area (Å²) in [7, 11) is 0. The Morgan fingerprint density at radius 1 is 1.19 bits per heavy atom. The monoisotopic (exact) mass is 365 g/mol. The van der Waals surface area contributed by atoms with Crippen LogP contribution in [0.3, 0.4) is 0 Å². The molecule has 0 aliphatic heterocycles. The average Bonchev–Trinajstić information content (AvgIpc) is 2.64. The summed E-state index contributed by atoms with van der Waals surface area (Å²) in [5, 5.41) is 3.28. The van der Waals surface area contributed by atoms with Crippen molar-refractivity contribution in [1.29, 1.82) is 0 Å². The van der Waals surface area contributed by atoms with Crippen LogP contribution in [0.15, 0.2) is 43.0 Å². The first-order valence-electron chi connectivity index (χ1n) is 10.4. The molecular formula is C24H31NO2. The van der Waals surface area contributed by atoms with Crippen LogP contribution in [-0.2, 0) is 4.79 Å². The van der Waals surface area contributed by atoms with Gasteiger partial charge in [-0.3, -0.25) is 4.79 Å². The third-order valence-electron chi connectivity index (χ3n) is 7.04. The Bertz CT molecular complexity index is 683. The van der Waals surface area contributed by atoms with Crippen molar-refractivity contribution in [3.05, 3.63) is 48.6 Å². The van der Waals surface area contributed by atoms with E-state index in [0.717, 1.165) is 29.1 Å². The molecule has 4 fully saturated rings. The molecule has 1 aromatic carbocycles. The fourth-order valence-electron chi connectivity index (χ4n) is 6.12. The number of ether oxygens (including phenoxy) is 1. The van der Waals surface area contributed by atoms with Gasteiger partial charge in [-0.2, -0.15) is 0 Å². The van der Waals surface area contributed by atoms with Gasteiger partial charge in [-0.05, 0) is 92.4 Å². The normalized spacial score (nSPS) is 32.4. The maximum atomic E-state index is 12.5. The average molecular weight is 366 g/mol. The minimum Gasteiger partial charge on any atom is -0.490 e. The van der Waals surface area contributed by atoms with Crippen LogP contribution in [0.1, 0.15) is 51.0 Å². The summed E-state index contributed by atoms with van der Waals surface area (Å²) in [6, 6.07) is 8.02. The van der Waals surface area contributed by atoms with Gasteiger partial charge in [0.1, 0.15) is 12.4 Å². The fraction of sp³-hybridized carbons (Fsp3) is 0.542. The van der Waals surface area contributed by atoms with Crippen LogP contribution in [0.4, 0.5) is 0 Å². The molecule has 0 unspecified atom stereocenters. The number of carbonyl (C=O) groups excluding carboxylic acids is 1.